The molecule has 1 heterocycles. The topological polar surface area (TPSA) is 39.4 Å². The van der Waals surface area contributed by atoms with Gasteiger partial charge in [-0.25, -0.2) is 0 Å². The van der Waals surface area contributed by atoms with Crippen LogP contribution in [0.1, 0.15) is 22.3 Å². The summed E-state index contributed by atoms with van der Waals surface area (Å²) in [5, 5.41) is 1.13. The van der Waals surface area contributed by atoms with Crippen LogP contribution >= 0.6 is 11.6 Å². The van der Waals surface area contributed by atoms with Gasteiger partial charge in [0, 0.05) is 10.6 Å². The minimum atomic E-state index is -0.174. The minimum Gasteiger partial charge on any atom is -0.481 e. The van der Waals surface area contributed by atoms with Crippen LogP contribution in [-0.2, 0) is 6.61 Å². The first-order valence-electron chi connectivity index (χ1n) is 9.45. The molecule has 29 heavy (non-hydrogen) atoms. The molecule has 0 aliphatic carbocycles. The van der Waals surface area contributed by atoms with Crippen molar-refractivity contribution in [3.05, 3.63) is 98.2 Å². The molecule has 0 atom stereocenters. The molecular weight excluding hydrogens is 384 g/mol. The average Bonchev–Trinajstić information content (AvgIpc) is 2.69. The van der Waals surface area contributed by atoms with E-state index < -0.39 is 0 Å². The Morgan fingerprint density at radius 1 is 0.931 bits per heavy atom. The van der Waals surface area contributed by atoms with Gasteiger partial charge in [-0.15, -0.1) is 0 Å². The molecule has 0 unspecified atom stereocenters. The summed E-state index contributed by atoms with van der Waals surface area (Å²) in [5.74, 6) is 0.625. The van der Waals surface area contributed by atoms with Gasteiger partial charge in [-0.05, 0) is 73.9 Å². The molecule has 0 saturated carbocycles. The smallest absolute Gasteiger partial charge is 0.235 e. The van der Waals surface area contributed by atoms with E-state index in [1.54, 1.807) is 12.1 Å². The maximum Gasteiger partial charge on any atom is 0.235 e. The molecule has 0 aliphatic heterocycles. The van der Waals surface area contributed by atoms with Gasteiger partial charge >= 0.3 is 0 Å². The summed E-state index contributed by atoms with van der Waals surface area (Å²) in [5.41, 5.74) is 5.35. The van der Waals surface area contributed by atoms with E-state index >= 15 is 0 Å². The number of aryl methyl sites for hydroxylation is 3. The molecule has 0 radical (unpaired) electrons. The Kier molecular flexibility index (Phi) is 5.16. The summed E-state index contributed by atoms with van der Waals surface area (Å²) < 4.78 is 12.2. The van der Waals surface area contributed by atoms with E-state index in [0.717, 1.165) is 27.8 Å². The molecule has 4 rings (SSSR count). The SMILES string of the molecule is Cc1cccc(COc2c(-c3ccc(Cl)cc3)oc3cc(C)c(C)cc3c2=O)c1. The van der Waals surface area contributed by atoms with Gasteiger partial charge in [0.25, 0.3) is 0 Å². The van der Waals surface area contributed by atoms with Gasteiger partial charge in [0.05, 0.1) is 5.39 Å². The summed E-state index contributed by atoms with van der Waals surface area (Å²) in [4.78, 5) is 13.3. The van der Waals surface area contributed by atoms with E-state index in [1.165, 1.54) is 0 Å². The van der Waals surface area contributed by atoms with Crippen LogP contribution in [0.4, 0.5) is 0 Å². The van der Waals surface area contributed by atoms with Crippen molar-refractivity contribution in [2.75, 3.05) is 0 Å². The van der Waals surface area contributed by atoms with Crippen LogP contribution < -0.4 is 10.2 Å². The van der Waals surface area contributed by atoms with Gasteiger partial charge < -0.3 is 9.15 Å². The lowest BCUT2D eigenvalue weighted by atomic mass is 10.0. The normalized spacial score (nSPS) is 11.0. The number of halogens is 1. The molecule has 0 aliphatic rings. The van der Waals surface area contributed by atoms with E-state index in [-0.39, 0.29) is 17.8 Å². The Morgan fingerprint density at radius 2 is 1.66 bits per heavy atom. The summed E-state index contributed by atoms with van der Waals surface area (Å²) in [6, 6.07) is 19.0. The molecule has 1 aromatic heterocycles. The summed E-state index contributed by atoms with van der Waals surface area (Å²) in [6.07, 6.45) is 0. The van der Waals surface area contributed by atoms with Crippen molar-refractivity contribution >= 4 is 22.6 Å². The number of ether oxygens (including phenoxy) is 1. The van der Waals surface area contributed by atoms with Crippen LogP contribution in [0.2, 0.25) is 5.02 Å². The van der Waals surface area contributed by atoms with Crippen molar-refractivity contribution in [3.63, 3.8) is 0 Å². The zero-order valence-corrected chi connectivity index (χ0v) is 17.3. The Labute approximate surface area is 174 Å². The van der Waals surface area contributed by atoms with Gasteiger partial charge in [0.1, 0.15) is 12.2 Å². The van der Waals surface area contributed by atoms with Crippen molar-refractivity contribution < 1.29 is 9.15 Å². The van der Waals surface area contributed by atoms with Crippen molar-refractivity contribution in [2.24, 2.45) is 0 Å². The molecule has 0 spiro atoms. The Morgan fingerprint density at radius 3 is 2.38 bits per heavy atom. The molecule has 0 bridgehead atoms. The van der Waals surface area contributed by atoms with Gasteiger partial charge in [0.2, 0.25) is 11.2 Å². The first-order chi connectivity index (χ1) is 13.9. The first kappa shape index (κ1) is 19.3. The third kappa shape index (κ3) is 3.92. The maximum absolute atomic E-state index is 13.3. The molecule has 0 N–H and O–H groups in total. The lowest BCUT2D eigenvalue weighted by Crippen LogP contribution is -2.10. The average molecular weight is 405 g/mol. The summed E-state index contributed by atoms with van der Waals surface area (Å²) in [6.45, 7) is 6.29. The number of hydrogen-bond acceptors (Lipinski definition) is 3. The largest absolute Gasteiger partial charge is 0.481 e. The zero-order valence-electron chi connectivity index (χ0n) is 16.6. The maximum atomic E-state index is 13.3. The quantitative estimate of drug-likeness (QED) is 0.383. The fraction of sp³-hybridized carbons (Fsp3) is 0.160. The van der Waals surface area contributed by atoms with Crippen LogP contribution in [-0.4, -0.2) is 0 Å². The van der Waals surface area contributed by atoms with E-state index in [1.807, 2.05) is 69.3 Å². The molecule has 0 amide bonds. The van der Waals surface area contributed by atoms with Crippen molar-refractivity contribution in [1.29, 1.82) is 0 Å². The monoisotopic (exact) mass is 404 g/mol. The fourth-order valence-electron chi connectivity index (χ4n) is 3.31. The summed E-state index contributed by atoms with van der Waals surface area (Å²) >= 11 is 6.04. The molecule has 0 saturated heterocycles. The van der Waals surface area contributed by atoms with Crippen molar-refractivity contribution in [3.8, 4) is 17.1 Å². The van der Waals surface area contributed by atoms with Gasteiger partial charge in [0.15, 0.2) is 5.76 Å². The van der Waals surface area contributed by atoms with E-state index in [9.17, 15) is 4.79 Å². The Hall–Kier alpha value is -3.04. The third-order valence-electron chi connectivity index (χ3n) is 5.04. The molecule has 0 fully saturated rings. The highest BCUT2D eigenvalue weighted by molar-refractivity contribution is 6.30. The van der Waals surface area contributed by atoms with Crippen molar-refractivity contribution in [2.45, 2.75) is 27.4 Å². The molecule has 4 heteroatoms. The second-order valence-electron chi connectivity index (χ2n) is 7.31. The standard InChI is InChI=1S/C25H21ClO3/c1-15-5-4-6-18(11-15)14-28-25-23(27)21-12-16(2)17(3)13-22(21)29-24(25)19-7-9-20(26)10-8-19/h4-13H,14H2,1-3H3. The number of rotatable bonds is 4. The van der Waals surface area contributed by atoms with E-state index in [2.05, 4.69) is 0 Å². The van der Waals surface area contributed by atoms with Crippen LogP contribution in [0, 0.1) is 20.8 Å². The molecule has 4 aromatic rings. The number of benzene rings is 3. The Bertz CT molecular complexity index is 1250. The van der Waals surface area contributed by atoms with E-state index in [0.29, 0.717) is 21.8 Å². The highest BCUT2D eigenvalue weighted by atomic mass is 35.5. The van der Waals surface area contributed by atoms with Gasteiger partial charge in [-0.1, -0.05) is 41.4 Å². The van der Waals surface area contributed by atoms with Crippen LogP contribution in [0.15, 0.2) is 69.9 Å². The predicted molar refractivity (Wildman–Crippen MR) is 118 cm³/mol. The van der Waals surface area contributed by atoms with Gasteiger partial charge in [-0.3, -0.25) is 4.79 Å². The van der Waals surface area contributed by atoms with Gasteiger partial charge in [-0.2, -0.15) is 0 Å². The second kappa shape index (κ2) is 7.76. The van der Waals surface area contributed by atoms with E-state index in [4.69, 9.17) is 20.8 Å². The lowest BCUT2D eigenvalue weighted by Gasteiger charge is -2.13. The molecule has 3 nitrogen and oxygen atoms in total. The highest BCUT2D eigenvalue weighted by Crippen LogP contribution is 2.33. The fourth-order valence-corrected chi connectivity index (χ4v) is 3.44. The predicted octanol–water partition coefficient (Wildman–Crippen LogP) is 6.62. The Balaban J connectivity index is 1.88. The first-order valence-corrected chi connectivity index (χ1v) is 9.82. The highest BCUT2D eigenvalue weighted by Gasteiger charge is 2.18. The number of fused-ring (bicyclic) bond motifs is 1. The zero-order chi connectivity index (χ0) is 20.5. The molecule has 146 valence electrons. The number of hydrogen-bond donors (Lipinski definition) is 0. The summed E-state index contributed by atoms with van der Waals surface area (Å²) in [7, 11) is 0. The van der Waals surface area contributed by atoms with Crippen molar-refractivity contribution in [1.82, 2.24) is 0 Å². The van der Waals surface area contributed by atoms with Crippen LogP contribution in [0.3, 0.4) is 0 Å². The minimum absolute atomic E-state index is 0.174. The van der Waals surface area contributed by atoms with Crippen LogP contribution in [0.25, 0.3) is 22.3 Å². The molecule has 3 aromatic carbocycles. The van der Waals surface area contributed by atoms with Crippen LogP contribution in [0.5, 0.6) is 5.75 Å². The molecular formula is C25H21ClO3. The third-order valence-corrected chi connectivity index (χ3v) is 5.29. The second-order valence-corrected chi connectivity index (χ2v) is 7.74. The lowest BCUT2D eigenvalue weighted by molar-refractivity contribution is 0.298.